The minimum Gasteiger partial charge on any atom is -0.462 e. The molecule has 0 amide bonds. The monoisotopic (exact) mass is 1430 g/mol. The van der Waals surface area contributed by atoms with Crippen LogP contribution in [-0.4, -0.2) is 49.3 Å². The number of esters is 2. The van der Waals surface area contributed by atoms with Crippen LogP contribution in [0.15, 0.2) is 109 Å². The molecule has 0 aliphatic rings. The lowest BCUT2D eigenvalue weighted by Crippen LogP contribution is -2.29. The molecular formula is C91H164NO8P. The highest BCUT2D eigenvalue weighted by Gasteiger charge is 2.26. The molecule has 0 rings (SSSR count). The van der Waals surface area contributed by atoms with Gasteiger partial charge in [-0.25, -0.2) is 4.57 Å². The number of allylic oxidation sites excluding steroid dienone is 18. The summed E-state index contributed by atoms with van der Waals surface area (Å²) in [6.45, 7) is 3.68. The van der Waals surface area contributed by atoms with Gasteiger partial charge in [-0.1, -0.05) is 419 Å². The number of ether oxygens (including phenoxy) is 2. The molecule has 0 aliphatic heterocycles. The lowest BCUT2D eigenvalue weighted by atomic mass is 10.0. The number of hydrogen-bond donors (Lipinski definition) is 2. The molecule has 2 atom stereocenters. The van der Waals surface area contributed by atoms with Crippen molar-refractivity contribution in [3.63, 3.8) is 0 Å². The van der Waals surface area contributed by atoms with Gasteiger partial charge in [0, 0.05) is 19.4 Å². The predicted molar refractivity (Wildman–Crippen MR) is 441 cm³/mol. The third-order valence-electron chi connectivity index (χ3n) is 19.1. The van der Waals surface area contributed by atoms with Crippen molar-refractivity contribution in [1.29, 1.82) is 0 Å². The predicted octanol–water partition coefficient (Wildman–Crippen LogP) is 29.5. The Morgan fingerprint density at radius 1 is 0.307 bits per heavy atom. The molecule has 2 unspecified atom stereocenters. The van der Waals surface area contributed by atoms with Crippen molar-refractivity contribution >= 4 is 19.8 Å². The Bertz CT molecular complexity index is 2040. The van der Waals surface area contributed by atoms with Crippen molar-refractivity contribution < 1.29 is 37.6 Å². The molecular weight excluding hydrogens is 1270 g/mol. The van der Waals surface area contributed by atoms with Crippen LogP contribution in [0, 0.1) is 0 Å². The molecule has 0 heterocycles. The fourth-order valence-corrected chi connectivity index (χ4v) is 13.5. The van der Waals surface area contributed by atoms with Gasteiger partial charge in [0.2, 0.25) is 0 Å². The van der Waals surface area contributed by atoms with Crippen LogP contribution in [0.2, 0.25) is 0 Å². The van der Waals surface area contributed by atoms with Crippen molar-refractivity contribution in [1.82, 2.24) is 0 Å². The molecule has 0 fully saturated rings. The van der Waals surface area contributed by atoms with Crippen molar-refractivity contribution in [2.24, 2.45) is 5.73 Å². The van der Waals surface area contributed by atoms with Gasteiger partial charge in [0.15, 0.2) is 6.10 Å². The van der Waals surface area contributed by atoms with E-state index in [0.29, 0.717) is 6.42 Å². The highest BCUT2D eigenvalue weighted by Crippen LogP contribution is 2.43. The summed E-state index contributed by atoms with van der Waals surface area (Å²) < 4.78 is 33.3. The second-order valence-electron chi connectivity index (χ2n) is 29.0. The van der Waals surface area contributed by atoms with Crippen LogP contribution in [0.1, 0.15) is 425 Å². The van der Waals surface area contributed by atoms with Gasteiger partial charge in [-0.15, -0.1) is 0 Å². The maximum Gasteiger partial charge on any atom is 0.472 e. The standard InChI is InChI=1S/C91H164NO8P/c1-3-5-7-9-11-13-15-17-19-21-23-25-27-29-31-33-35-37-39-41-43-44-46-48-50-52-54-56-58-60-62-64-66-68-70-72-74-76-78-80-82-84-91(94)100-89(88-99-101(95,96)98-86-85-92)87-97-90(93)83-81-79-77-75-73-71-69-67-65-63-61-59-57-55-53-51-49-47-45-42-40-38-36-34-32-30-28-26-24-22-20-18-16-14-12-10-8-6-4-2/h5,7,11,13,16-19,22-25,28-31,35,37,89H,3-4,6,8-10,12,14-15,20-21,26-27,32-34,36,38-88,92H2,1-2H3,(H,95,96)/b7-5-,13-11-,18-16-,19-17-,24-22-,25-23-,30-28-,31-29-,37-35-. The highest BCUT2D eigenvalue weighted by atomic mass is 31.2. The molecule has 9 nitrogen and oxygen atoms in total. The molecule has 0 saturated heterocycles. The lowest BCUT2D eigenvalue weighted by Gasteiger charge is -2.19. The third-order valence-corrected chi connectivity index (χ3v) is 20.1. The summed E-state index contributed by atoms with van der Waals surface area (Å²) >= 11 is 0. The normalized spacial score (nSPS) is 13.3. The Morgan fingerprint density at radius 2 is 0.545 bits per heavy atom. The first-order valence-corrected chi connectivity index (χ1v) is 44.9. The topological polar surface area (TPSA) is 134 Å². The minimum absolute atomic E-state index is 0.0537. The average Bonchev–Trinajstić information content (AvgIpc) is 1.04. The SMILES string of the molecule is CC/C=C\C/C=C\C/C=C\C/C=C\C/C=C\C/C=C\CCCCCCCCCCCCCCCCCCCCCCCCC(=O)OC(COC(=O)CCCCCCCCCCCCCCCCCCCCCCCCCC/C=C\C/C=C\C/C=C\CCCCCCC)COP(=O)(O)OCCN. The summed E-state index contributed by atoms with van der Waals surface area (Å²) in [5.74, 6) is -0.806. The van der Waals surface area contributed by atoms with Gasteiger partial charge in [-0.2, -0.15) is 0 Å². The van der Waals surface area contributed by atoms with Crippen molar-refractivity contribution in [2.45, 2.75) is 431 Å². The molecule has 101 heavy (non-hydrogen) atoms. The molecule has 0 bridgehead atoms. The maximum atomic E-state index is 12.8. The Labute approximate surface area is 626 Å². The van der Waals surface area contributed by atoms with E-state index in [1.54, 1.807) is 0 Å². The summed E-state index contributed by atoms with van der Waals surface area (Å²) in [7, 11) is -4.40. The molecule has 0 spiro atoms. The quantitative estimate of drug-likeness (QED) is 0.0264. The molecule has 0 saturated carbocycles. The number of phosphoric ester groups is 1. The zero-order chi connectivity index (χ0) is 72.9. The molecule has 0 aromatic rings. The van der Waals surface area contributed by atoms with E-state index >= 15 is 0 Å². The van der Waals surface area contributed by atoms with Crippen LogP contribution in [0.5, 0.6) is 0 Å². The first-order chi connectivity index (χ1) is 49.8. The average molecular weight is 1430 g/mol. The van der Waals surface area contributed by atoms with Gasteiger partial charge < -0.3 is 20.1 Å². The van der Waals surface area contributed by atoms with Crippen LogP contribution in [0.3, 0.4) is 0 Å². The lowest BCUT2D eigenvalue weighted by molar-refractivity contribution is -0.161. The first-order valence-electron chi connectivity index (χ1n) is 43.4. The molecule has 0 radical (unpaired) electrons. The van der Waals surface area contributed by atoms with Crippen molar-refractivity contribution in [2.75, 3.05) is 26.4 Å². The van der Waals surface area contributed by atoms with E-state index in [1.807, 2.05) is 0 Å². The Kier molecular flexibility index (Phi) is 82.8. The Balaban J connectivity index is 3.74. The fourth-order valence-electron chi connectivity index (χ4n) is 12.8. The first kappa shape index (κ1) is 97.7. The number of carbonyl (C=O) groups excluding carboxylic acids is 2. The van der Waals surface area contributed by atoms with Crippen LogP contribution < -0.4 is 5.73 Å². The van der Waals surface area contributed by atoms with Gasteiger partial charge in [0.25, 0.3) is 0 Å². The van der Waals surface area contributed by atoms with E-state index in [1.165, 1.54) is 308 Å². The van der Waals surface area contributed by atoms with Gasteiger partial charge in [0.1, 0.15) is 6.61 Å². The largest absolute Gasteiger partial charge is 0.472 e. The second-order valence-corrected chi connectivity index (χ2v) is 30.5. The van der Waals surface area contributed by atoms with Crippen LogP contribution in [0.4, 0.5) is 0 Å². The summed E-state index contributed by atoms with van der Waals surface area (Å²) in [6.07, 6.45) is 120. The van der Waals surface area contributed by atoms with Crippen molar-refractivity contribution in [3.05, 3.63) is 109 Å². The molecule has 0 aromatic carbocycles. The van der Waals surface area contributed by atoms with E-state index in [4.69, 9.17) is 24.3 Å². The smallest absolute Gasteiger partial charge is 0.462 e. The fraction of sp³-hybridized carbons (Fsp3) is 0.780. The minimum atomic E-state index is -4.40. The molecule has 10 heteroatoms. The molecule has 586 valence electrons. The third kappa shape index (κ3) is 85.5. The van der Waals surface area contributed by atoms with Gasteiger partial charge in [-0.05, 0) is 103 Å². The van der Waals surface area contributed by atoms with E-state index in [-0.39, 0.29) is 38.6 Å². The highest BCUT2D eigenvalue weighted by molar-refractivity contribution is 7.47. The zero-order valence-electron chi connectivity index (χ0n) is 66.4. The van der Waals surface area contributed by atoms with E-state index in [0.717, 1.165) is 83.5 Å². The van der Waals surface area contributed by atoms with E-state index in [2.05, 4.69) is 123 Å². The Hall–Kier alpha value is -3.33. The number of carbonyl (C=O) groups is 2. The van der Waals surface area contributed by atoms with Gasteiger partial charge in [0.05, 0.1) is 13.2 Å². The van der Waals surface area contributed by atoms with Gasteiger partial charge in [-0.3, -0.25) is 18.6 Å². The van der Waals surface area contributed by atoms with Crippen LogP contribution in [0.25, 0.3) is 0 Å². The molecule has 3 N–H and O–H groups in total. The van der Waals surface area contributed by atoms with Crippen LogP contribution >= 0.6 is 7.82 Å². The molecule has 0 aromatic heterocycles. The number of phosphoric acid groups is 1. The summed E-state index contributed by atoms with van der Waals surface area (Å²) in [6, 6.07) is 0. The summed E-state index contributed by atoms with van der Waals surface area (Å²) in [5.41, 5.74) is 5.42. The maximum absolute atomic E-state index is 12.8. The van der Waals surface area contributed by atoms with E-state index in [9.17, 15) is 19.0 Å². The Morgan fingerprint density at radius 3 is 0.812 bits per heavy atom. The number of nitrogens with two attached hydrogens (primary N) is 1. The molecule has 0 aliphatic carbocycles. The van der Waals surface area contributed by atoms with Crippen molar-refractivity contribution in [3.8, 4) is 0 Å². The summed E-state index contributed by atoms with van der Waals surface area (Å²) in [5, 5.41) is 0. The summed E-state index contributed by atoms with van der Waals surface area (Å²) in [4.78, 5) is 35.5. The van der Waals surface area contributed by atoms with Gasteiger partial charge >= 0.3 is 19.8 Å². The number of rotatable bonds is 82. The van der Waals surface area contributed by atoms with Crippen LogP contribution in [-0.2, 0) is 32.7 Å². The number of unbranched alkanes of at least 4 members (excludes halogenated alkanes) is 51. The number of hydrogen-bond acceptors (Lipinski definition) is 8. The second kappa shape index (κ2) is 85.6. The zero-order valence-corrected chi connectivity index (χ0v) is 67.3. The van der Waals surface area contributed by atoms with E-state index < -0.39 is 26.5 Å².